The number of benzene rings is 2. The third-order valence-electron chi connectivity index (χ3n) is 3.26. The molecular formula is C16H13BrFN3O2S. The monoisotopic (exact) mass is 409 g/mol. The van der Waals surface area contributed by atoms with Crippen LogP contribution in [-0.4, -0.2) is 18.2 Å². The molecule has 0 amide bonds. The van der Waals surface area contributed by atoms with E-state index in [1.165, 1.54) is 24.3 Å². The van der Waals surface area contributed by atoms with Gasteiger partial charge in [0, 0.05) is 6.20 Å². The Balaban J connectivity index is 1.80. The van der Waals surface area contributed by atoms with Crippen LogP contribution in [0.4, 0.5) is 10.2 Å². The van der Waals surface area contributed by atoms with Gasteiger partial charge in [0.2, 0.25) is 0 Å². The lowest BCUT2D eigenvalue weighted by atomic mass is 10.2. The minimum Gasteiger partial charge on any atom is -0.265 e. The van der Waals surface area contributed by atoms with Gasteiger partial charge in [0.1, 0.15) is 5.82 Å². The van der Waals surface area contributed by atoms with E-state index in [4.69, 9.17) is 0 Å². The van der Waals surface area contributed by atoms with Crippen LogP contribution in [-0.2, 0) is 16.6 Å². The minimum atomic E-state index is -3.71. The summed E-state index contributed by atoms with van der Waals surface area (Å²) in [6, 6.07) is 14.1. The van der Waals surface area contributed by atoms with Crippen LogP contribution < -0.4 is 4.72 Å². The van der Waals surface area contributed by atoms with E-state index in [-0.39, 0.29) is 16.5 Å². The zero-order valence-corrected chi connectivity index (χ0v) is 14.8. The first-order chi connectivity index (χ1) is 11.4. The summed E-state index contributed by atoms with van der Waals surface area (Å²) >= 11 is 3.30. The van der Waals surface area contributed by atoms with Gasteiger partial charge in [0.15, 0.2) is 5.82 Å². The number of nitrogens with zero attached hydrogens (tertiary/aromatic N) is 2. The van der Waals surface area contributed by atoms with Crippen molar-refractivity contribution < 1.29 is 12.8 Å². The predicted molar refractivity (Wildman–Crippen MR) is 92.7 cm³/mol. The molecular weight excluding hydrogens is 397 g/mol. The first kappa shape index (κ1) is 16.7. The van der Waals surface area contributed by atoms with Gasteiger partial charge in [-0.1, -0.05) is 30.3 Å². The summed E-state index contributed by atoms with van der Waals surface area (Å²) in [6.07, 6.45) is 1.66. The Morgan fingerprint density at radius 3 is 2.42 bits per heavy atom. The molecule has 0 bridgehead atoms. The van der Waals surface area contributed by atoms with Crippen LogP contribution in [0.15, 0.2) is 70.2 Å². The molecule has 0 radical (unpaired) electrons. The number of halogens is 2. The van der Waals surface area contributed by atoms with Gasteiger partial charge >= 0.3 is 0 Å². The van der Waals surface area contributed by atoms with Crippen molar-refractivity contribution in [3.63, 3.8) is 0 Å². The normalized spacial score (nSPS) is 11.4. The van der Waals surface area contributed by atoms with Crippen LogP contribution in [0.25, 0.3) is 0 Å². The Morgan fingerprint density at radius 1 is 1.08 bits per heavy atom. The summed E-state index contributed by atoms with van der Waals surface area (Å²) in [5.41, 5.74) is 0.851. The number of nitrogens with one attached hydrogen (secondary N) is 1. The number of hydrogen-bond acceptors (Lipinski definition) is 3. The van der Waals surface area contributed by atoms with Crippen LogP contribution in [0.2, 0.25) is 0 Å². The molecule has 0 spiro atoms. The van der Waals surface area contributed by atoms with Crippen molar-refractivity contribution in [2.24, 2.45) is 0 Å². The molecule has 0 fully saturated rings. The molecule has 3 rings (SSSR count). The maximum Gasteiger partial charge on any atom is 0.263 e. The second kappa shape index (κ2) is 6.74. The first-order valence-electron chi connectivity index (χ1n) is 6.99. The van der Waals surface area contributed by atoms with E-state index < -0.39 is 10.0 Å². The van der Waals surface area contributed by atoms with Crippen LogP contribution in [0.1, 0.15) is 5.56 Å². The molecule has 24 heavy (non-hydrogen) atoms. The third kappa shape index (κ3) is 3.82. The zero-order chi connectivity index (χ0) is 17.2. The van der Waals surface area contributed by atoms with Crippen molar-refractivity contribution in [3.05, 3.63) is 76.6 Å². The maximum absolute atomic E-state index is 12.9. The molecule has 5 nitrogen and oxygen atoms in total. The van der Waals surface area contributed by atoms with Gasteiger partial charge < -0.3 is 0 Å². The highest BCUT2D eigenvalue weighted by molar-refractivity contribution is 9.10. The molecule has 3 aromatic rings. The number of sulfonamides is 1. The highest BCUT2D eigenvalue weighted by Gasteiger charge is 2.17. The largest absolute Gasteiger partial charge is 0.265 e. The Bertz CT molecular complexity index is 941. The van der Waals surface area contributed by atoms with Gasteiger partial charge in [-0.15, -0.1) is 0 Å². The average molecular weight is 410 g/mol. The lowest BCUT2D eigenvalue weighted by Gasteiger charge is -2.06. The van der Waals surface area contributed by atoms with Crippen molar-refractivity contribution in [1.29, 1.82) is 0 Å². The van der Waals surface area contributed by atoms with E-state index in [1.807, 2.05) is 0 Å². The van der Waals surface area contributed by atoms with Crippen LogP contribution in [0.3, 0.4) is 0 Å². The highest BCUT2D eigenvalue weighted by Crippen LogP contribution is 2.23. The number of aromatic nitrogens is 2. The second-order valence-electron chi connectivity index (χ2n) is 5.07. The van der Waals surface area contributed by atoms with Gasteiger partial charge in [-0.2, -0.15) is 5.10 Å². The predicted octanol–water partition coefficient (Wildman–Crippen LogP) is 3.63. The quantitative estimate of drug-likeness (QED) is 0.699. The van der Waals surface area contributed by atoms with Crippen molar-refractivity contribution in [3.8, 4) is 0 Å². The molecule has 0 aliphatic carbocycles. The zero-order valence-electron chi connectivity index (χ0n) is 12.4. The Hall–Kier alpha value is -2.19. The molecule has 0 atom stereocenters. The highest BCUT2D eigenvalue weighted by atomic mass is 79.9. The van der Waals surface area contributed by atoms with Gasteiger partial charge in [-0.25, -0.2) is 12.8 Å². The molecule has 0 saturated carbocycles. The average Bonchev–Trinajstić information content (AvgIpc) is 2.89. The van der Waals surface area contributed by atoms with E-state index in [9.17, 15) is 12.8 Å². The van der Waals surface area contributed by atoms with Crippen LogP contribution in [0, 0.1) is 5.82 Å². The van der Waals surface area contributed by atoms with E-state index in [1.54, 1.807) is 41.2 Å². The van der Waals surface area contributed by atoms with E-state index in [2.05, 4.69) is 25.8 Å². The number of hydrogen-bond donors (Lipinski definition) is 1. The molecule has 2 aromatic carbocycles. The summed E-state index contributed by atoms with van der Waals surface area (Å²) in [7, 11) is -3.71. The maximum atomic E-state index is 12.9. The van der Waals surface area contributed by atoms with Crippen molar-refractivity contribution in [2.75, 3.05) is 4.72 Å². The minimum absolute atomic E-state index is 0.157. The van der Waals surface area contributed by atoms with E-state index >= 15 is 0 Å². The SMILES string of the molecule is O=S(=O)(Nc1nn(Cc2ccc(F)cc2)cc1Br)c1ccccc1. The number of anilines is 1. The summed E-state index contributed by atoms with van der Waals surface area (Å²) in [4.78, 5) is 0.157. The summed E-state index contributed by atoms with van der Waals surface area (Å²) < 4.78 is 42.1. The molecule has 0 saturated heterocycles. The first-order valence-corrected chi connectivity index (χ1v) is 9.27. The topological polar surface area (TPSA) is 64.0 Å². The Kier molecular flexibility index (Phi) is 4.68. The molecule has 1 N–H and O–H groups in total. The molecule has 0 unspecified atom stereocenters. The fraction of sp³-hybridized carbons (Fsp3) is 0.0625. The Morgan fingerprint density at radius 2 is 1.75 bits per heavy atom. The van der Waals surface area contributed by atoms with E-state index in [0.29, 0.717) is 11.0 Å². The van der Waals surface area contributed by atoms with Gasteiger partial charge in [-0.05, 0) is 45.8 Å². The lowest BCUT2D eigenvalue weighted by Crippen LogP contribution is -2.14. The van der Waals surface area contributed by atoms with Crippen molar-refractivity contribution in [1.82, 2.24) is 9.78 Å². The van der Waals surface area contributed by atoms with Crippen LogP contribution in [0.5, 0.6) is 0 Å². The molecule has 1 heterocycles. The van der Waals surface area contributed by atoms with Gasteiger partial charge in [0.25, 0.3) is 10.0 Å². The second-order valence-corrected chi connectivity index (χ2v) is 7.60. The van der Waals surface area contributed by atoms with Crippen molar-refractivity contribution >= 4 is 31.8 Å². The van der Waals surface area contributed by atoms with E-state index in [0.717, 1.165) is 5.56 Å². The van der Waals surface area contributed by atoms with Gasteiger partial charge in [0.05, 0.1) is 15.9 Å². The number of rotatable bonds is 5. The molecule has 0 aliphatic rings. The molecule has 124 valence electrons. The van der Waals surface area contributed by atoms with Gasteiger partial charge in [-0.3, -0.25) is 9.40 Å². The lowest BCUT2D eigenvalue weighted by molar-refractivity contribution is 0.600. The fourth-order valence-corrected chi connectivity index (χ4v) is 3.69. The van der Waals surface area contributed by atoms with Crippen LogP contribution >= 0.6 is 15.9 Å². The summed E-state index contributed by atoms with van der Waals surface area (Å²) in [5.74, 6) is -0.113. The molecule has 1 aromatic heterocycles. The standard InChI is InChI=1S/C16H13BrFN3O2S/c17-15-11-21(10-12-6-8-13(18)9-7-12)19-16(15)20-24(22,23)14-4-2-1-3-5-14/h1-9,11H,10H2,(H,19,20). The third-order valence-corrected chi connectivity index (χ3v) is 5.19. The smallest absolute Gasteiger partial charge is 0.263 e. The van der Waals surface area contributed by atoms with Crippen molar-refractivity contribution in [2.45, 2.75) is 11.4 Å². The molecule has 8 heteroatoms. The summed E-state index contributed by atoms with van der Waals surface area (Å²) in [6.45, 7) is 0.395. The summed E-state index contributed by atoms with van der Waals surface area (Å²) in [5, 5.41) is 4.22. The molecule has 0 aliphatic heterocycles. The fourth-order valence-electron chi connectivity index (χ4n) is 2.11. The Labute approximate surface area is 147 Å².